The number of hydrogen-bond acceptors (Lipinski definition) is 3. The van der Waals surface area contributed by atoms with E-state index < -0.39 is 22.6 Å². The van der Waals surface area contributed by atoms with E-state index >= 15 is 0 Å². The van der Waals surface area contributed by atoms with Gasteiger partial charge in [-0.2, -0.15) is 0 Å². The fourth-order valence-corrected chi connectivity index (χ4v) is 1.87. The Bertz CT molecular complexity index is 430. The number of aldehydes is 1. The largest absolute Gasteiger partial charge is 0.303 e. The van der Waals surface area contributed by atoms with Gasteiger partial charge in [-0.05, 0) is 24.1 Å². The fraction of sp³-hybridized carbons (Fsp3) is 0.308. The summed E-state index contributed by atoms with van der Waals surface area (Å²) in [5.41, 5.74) is 0.590. The Balaban J connectivity index is 3.02. The summed E-state index contributed by atoms with van der Waals surface area (Å²) < 4.78 is 12.8. The highest BCUT2D eigenvalue weighted by Crippen LogP contribution is 2.26. The number of carbonyl (C=O) groups excluding carboxylic acids is 1. The zero-order chi connectivity index (χ0) is 13.5. The van der Waals surface area contributed by atoms with Crippen LogP contribution in [0.2, 0.25) is 0 Å². The average Bonchev–Trinajstić information content (AvgIpc) is 2.34. The van der Waals surface area contributed by atoms with Gasteiger partial charge in [0.05, 0.1) is 5.92 Å². The van der Waals surface area contributed by atoms with Crippen molar-refractivity contribution in [3.63, 3.8) is 0 Å². The Labute approximate surface area is 104 Å². The monoisotopic (exact) mass is 251 g/mol. The lowest BCUT2D eigenvalue weighted by atomic mass is 9.85. The van der Waals surface area contributed by atoms with Crippen molar-refractivity contribution < 1.29 is 14.1 Å². The van der Waals surface area contributed by atoms with E-state index in [1.54, 1.807) is 6.08 Å². The first-order valence-electron chi connectivity index (χ1n) is 5.52. The minimum absolute atomic E-state index is 0.358. The summed E-state index contributed by atoms with van der Waals surface area (Å²) in [5, 5.41) is 10.7. The lowest BCUT2D eigenvalue weighted by Gasteiger charge is -2.18. The molecule has 5 heteroatoms. The van der Waals surface area contributed by atoms with Crippen LogP contribution in [-0.4, -0.2) is 17.8 Å². The molecule has 0 aliphatic heterocycles. The molecule has 0 spiro atoms. The number of rotatable bonds is 7. The third-order valence-electron chi connectivity index (χ3n) is 2.77. The van der Waals surface area contributed by atoms with Crippen molar-refractivity contribution in [1.82, 2.24) is 0 Å². The molecular weight excluding hydrogens is 237 g/mol. The SMILES string of the molecule is C=CC[C@@H](C=O)[C@H](C[N+](=O)[O-])c1ccc(F)cc1. The van der Waals surface area contributed by atoms with E-state index in [4.69, 9.17) is 0 Å². The first-order valence-corrected chi connectivity index (χ1v) is 5.52. The molecule has 0 saturated carbocycles. The zero-order valence-electron chi connectivity index (χ0n) is 9.79. The molecule has 1 aromatic carbocycles. The van der Waals surface area contributed by atoms with Crippen LogP contribution < -0.4 is 0 Å². The Hall–Kier alpha value is -2.04. The minimum atomic E-state index is -0.559. The molecule has 0 amide bonds. The number of allylic oxidation sites excluding steroid dienone is 1. The molecule has 1 rings (SSSR count). The van der Waals surface area contributed by atoms with Crippen LogP contribution in [0.25, 0.3) is 0 Å². The lowest BCUT2D eigenvalue weighted by molar-refractivity contribution is -0.484. The van der Waals surface area contributed by atoms with Crippen LogP contribution in [0.15, 0.2) is 36.9 Å². The number of halogens is 1. The maximum Gasteiger partial charge on any atom is 0.211 e. The number of nitrogens with zero attached hydrogens (tertiary/aromatic N) is 1. The zero-order valence-corrected chi connectivity index (χ0v) is 9.79. The molecule has 18 heavy (non-hydrogen) atoms. The van der Waals surface area contributed by atoms with E-state index in [1.807, 2.05) is 0 Å². The topological polar surface area (TPSA) is 60.2 Å². The fourth-order valence-electron chi connectivity index (χ4n) is 1.87. The van der Waals surface area contributed by atoms with E-state index in [2.05, 4.69) is 6.58 Å². The van der Waals surface area contributed by atoms with Gasteiger partial charge in [-0.1, -0.05) is 18.2 Å². The molecule has 0 N–H and O–H groups in total. The van der Waals surface area contributed by atoms with Gasteiger partial charge in [0, 0.05) is 10.8 Å². The predicted molar refractivity (Wildman–Crippen MR) is 65.4 cm³/mol. The summed E-state index contributed by atoms with van der Waals surface area (Å²) in [6, 6.07) is 5.42. The van der Waals surface area contributed by atoms with Crippen molar-refractivity contribution in [2.45, 2.75) is 12.3 Å². The normalized spacial score (nSPS) is 13.6. The molecule has 0 fully saturated rings. The molecule has 96 valence electrons. The Morgan fingerprint density at radius 2 is 2.00 bits per heavy atom. The second kappa shape index (κ2) is 6.64. The van der Waals surface area contributed by atoms with E-state index in [-0.39, 0.29) is 6.54 Å². The third kappa shape index (κ3) is 3.76. The Morgan fingerprint density at radius 3 is 2.44 bits per heavy atom. The summed E-state index contributed by atoms with van der Waals surface area (Å²) in [6.07, 6.45) is 2.61. The minimum Gasteiger partial charge on any atom is -0.303 e. The van der Waals surface area contributed by atoms with Gasteiger partial charge in [0.1, 0.15) is 12.1 Å². The number of nitro groups is 1. The predicted octanol–water partition coefficient (Wildman–Crippen LogP) is 2.58. The smallest absolute Gasteiger partial charge is 0.211 e. The lowest BCUT2D eigenvalue weighted by Crippen LogP contribution is -2.22. The van der Waals surface area contributed by atoms with Crippen LogP contribution in [0, 0.1) is 21.8 Å². The van der Waals surface area contributed by atoms with Crippen molar-refractivity contribution in [1.29, 1.82) is 0 Å². The van der Waals surface area contributed by atoms with E-state index in [0.29, 0.717) is 18.3 Å². The number of carbonyl (C=O) groups is 1. The second-order valence-electron chi connectivity index (χ2n) is 4.00. The van der Waals surface area contributed by atoms with Gasteiger partial charge in [0.2, 0.25) is 6.54 Å². The molecule has 0 aromatic heterocycles. The molecule has 0 bridgehead atoms. The van der Waals surface area contributed by atoms with Crippen molar-refractivity contribution in [2.75, 3.05) is 6.54 Å². The molecule has 0 unspecified atom stereocenters. The van der Waals surface area contributed by atoms with Crippen molar-refractivity contribution >= 4 is 6.29 Å². The molecule has 0 saturated heterocycles. The van der Waals surface area contributed by atoms with E-state index in [9.17, 15) is 19.3 Å². The highest BCUT2D eigenvalue weighted by atomic mass is 19.1. The van der Waals surface area contributed by atoms with Gasteiger partial charge in [0.25, 0.3) is 0 Å². The molecule has 0 aliphatic carbocycles. The van der Waals surface area contributed by atoms with Crippen LogP contribution in [0.1, 0.15) is 17.9 Å². The molecule has 2 atom stereocenters. The molecular formula is C13H14FNO3. The van der Waals surface area contributed by atoms with Gasteiger partial charge in [0.15, 0.2) is 0 Å². The summed E-state index contributed by atoms with van der Waals surface area (Å²) >= 11 is 0. The van der Waals surface area contributed by atoms with Gasteiger partial charge in [-0.15, -0.1) is 6.58 Å². The van der Waals surface area contributed by atoms with Crippen LogP contribution >= 0.6 is 0 Å². The summed E-state index contributed by atoms with van der Waals surface area (Å²) in [5.74, 6) is -1.49. The Kier molecular flexibility index (Phi) is 5.17. The number of benzene rings is 1. The van der Waals surface area contributed by atoms with Gasteiger partial charge in [-0.25, -0.2) is 4.39 Å². The first-order chi connectivity index (χ1) is 8.58. The molecule has 1 aromatic rings. The summed E-state index contributed by atoms with van der Waals surface area (Å²) in [6.45, 7) is 3.17. The van der Waals surface area contributed by atoms with Gasteiger partial charge < -0.3 is 4.79 Å². The Morgan fingerprint density at radius 1 is 1.39 bits per heavy atom. The average molecular weight is 251 g/mol. The third-order valence-corrected chi connectivity index (χ3v) is 2.77. The van der Waals surface area contributed by atoms with Crippen LogP contribution in [0.5, 0.6) is 0 Å². The highest BCUT2D eigenvalue weighted by molar-refractivity contribution is 5.56. The van der Waals surface area contributed by atoms with Gasteiger partial charge >= 0.3 is 0 Å². The molecule has 0 radical (unpaired) electrons. The molecule has 0 aliphatic rings. The van der Waals surface area contributed by atoms with Crippen LogP contribution in [0.3, 0.4) is 0 Å². The summed E-state index contributed by atoms with van der Waals surface area (Å²) in [4.78, 5) is 21.2. The quantitative estimate of drug-likeness (QED) is 0.324. The van der Waals surface area contributed by atoms with Crippen molar-refractivity contribution in [3.05, 3.63) is 58.4 Å². The maximum atomic E-state index is 12.8. The first kappa shape index (κ1) is 14.0. The second-order valence-corrected chi connectivity index (χ2v) is 4.00. The van der Waals surface area contributed by atoms with Gasteiger partial charge in [-0.3, -0.25) is 10.1 Å². The highest BCUT2D eigenvalue weighted by Gasteiger charge is 2.26. The van der Waals surface area contributed by atoms with E-state index in [1.165, 1.54) is 24.3 Å². The maximum absolute atomic E-state index is 12.8. The van der Waals surface area contributed by atoms with Crippen molar-refractivity contribution in [2.24, 2.45) is 5.92 Å². The molecule has 0 heterocycles. The van der Waals surface area contributed by atoms with Crippen molar-refractivity contribution in [3.8, 4) is 0 Å². The van der Waals surface area contributed by atoms with Crippen LogP contribution in [-0.2, 0) is 4.79 Å². The molecule has 4 nitrogen and oxygen atoms in total. The summed E-state index contributed by atoms with van der Waals surface area (Å²) in [7, 11) is 0. The number of hydrogen-bond donors (Lipinski definition) is 0. The van der Waals surface area contributed by atoms with Crippen LogP contribution in [0.4, 0.5) is 4.39 Å². The van der Waals surface area contributed by atoms with E-state index in [0.717, 1.165) is 0 Å². The standard InChI is InChI=1S/C13H14FNO3/c1-2-3-11(9-16)13(8-15(17)18)10-4-6-12(14)7-5-10/h2,4-7,9,11,13H,1,3,8H2/t11-,13+/m0/s1.